The number of amides is 1. The Balaban J connectivity index is 2.71. The van der Waals surface area contributed by atoms with Gasteiger partial charge in [0.1, 0.15) is 0 Å². The Morgan fingerprint density at radius 3 is 2.24 bits per heavy atom. The average molecular weight is 298 g/mol. The zero-order valence-electron chi connectivity index (χ0n) is 10.9. The third-order valence-corrected chi connectivity index (χ3v) is 2.88. The molecule has 1 aromatic carbocycles. The predicted octanol–water partition coefficient (Wildman–Crippen LogP) is 3.50. The molecule has 0 aliphatic rings. The lowest BCUT2D eigenvalue weighted by molar-refractivity contribution is 0.0954. The zero-order chi connectivity index (χ0) is 13.1. The Kier molecular flexibility index (Phi) is 4.75. The molecule has 94 valence electrons. The summed E-state index contributed by atoms with van der Waals surface area (Å²) in [5.41, 5.74) is 2.08. The van der Waals surface area contributed by atoms with Crippen LogP contribution in [0.1, 0.15) is 43.6 Å². The van der Waals surface area contributed by atoms with Crippen LogP contribution in [-0.2, 0) is 5.41 Å². The van der Waals surface area contributed by atoms with E-state index >= 15 is 0 Å². The number of alkyl halides is 1. The van der Waals surface area contributed by atoms with Crippen LogP contribution in [0.5, 0.6) is 0 Å². The lowest BCUT2D eigenvalue weighted by Crippen LogP contribution is -2.28. The quantitative estimate of drug-likeness (QED) is 0.850. The van der Waals surface area contributed by atoms with E-state index < -0.39 is 0 Å². The summed E-state index contributed by atoms with van der Waals surface area (Å²) in [5.74, 6) is -0.0169. The van der Waals surface area contributed by atoms with Crippen LogP contribution in [0, 0.1) is 0 Å². The van der Waals surface area contributed by atoms with Gasteiger partial charge in [-0.3, -0.25) is 4.79 Å². The van der Waals surface area contributed by atoms with Crippen molar-refractivity contribution in [1.29, 1.82) is 0 Å². The normalized spacial score (nSPS) is 13.2. The first kappa shape index (κ1) is 14.2. The highest BCUT2D eigenvalue weighted by molar-refractivity contribution is 9.09. The van der Waals surface area contributed by atoms with E-state index in [1.807, 2.05) is 31.2 Å². The van der Waals surface area contributed by atoms with E-state index in [0.29, 0.717) is 16.9 Å². The molecule has 1 atom stereocenters. The van der Waals surface area contributed by atoms with Gasteiger partial charge >= 0.3 is 0 Å². The number of nitrogens with one attached hydrogen (secondary N) is 1. The lowest BCUT2D eigenvalue weighted by Gasteiger charge is -2.19. The standard InChI is InChI=1S/C14H20BrNO/c1-10(15)9-16-13(17)11-5-7-12(8-6-11)14(2,3)4/h5-8,10H,9H2,1-4H3,(H,16,17). The molecule has 17 heavy (non-hydrogen) atoms. The number of carbonyl (C=O) groups is 1. The van der Waals surface area contributed by atoms with Crippen LogP contribution in [0.3, 0.4) is 0 Å². The fourth-order valence-electron chi connectivity index (χ4n) is 1.46. The second-order valence-electron chi connectivity index (χ2n) is 5.32. The van der Waals surface area contributed by atoms with Gasteiger partial charge in [-0.15, -0.1) is 0 Å². The van der Waals surface area contributed by atoms with Gasteiger partial charge in [0, 0.05) is 16.9 Å². The Morgan fingerprint density at radius 1 is 1.29 bits per heavy atom. The third kappa shape index (κ3) is 4.50. The molecular weight excluding hydrogens is 278 g/mol. The van der Waals surface area contributed by atoms with Crippen molar-refractivity contribution in [3.63, 3.8) is 0 Å². The van der Waals surface area contributed by atoms with Crippen molar-refractivity contribution in [1.82, 2.24) is 5.32 Å². The molecule has 0 aromatic heterocycles. The van der Waals surface area contributed by atoms with E-state index in [4.69, 9.17) is 0 Å². The summed E-state index contributed by atoms with van der Waals surface area (Å²) in [6.45, 7) is 9.13. The topological polar surface area (TPSA) is 29.1 Å². The molecule has 0 bridgehead atoms. The van der Waals surface area contributed by atoms with E-state index in [0.717, 1.165) is 0 Å². The molecule has 0 saturated heterocycles. The molecule has 0 spiro atoms. The van der Waals surface area contributed by atoms with E-state index in [-0.39, 0.29) is 11.3 Å². The van der Waals surface area contributed by atoms with E-state index in [1.54, 1.807) is 0 Å². The van der Waals surface area contributed by atoms with E-state index in [1.165, 1.54) is 5.56 Å². The van der Waals surface area contributed by atoms with E-state index in [2.05, 4.69) is 42.0 Å². The second kappa shape index (κ2) is 5.67. The smallest absolute Gasteiger partial charge is 0.251 e. The molecule has 3 heteroatoms. The molecule has 0 aliphatic heterocycles. The summed E-state index contributed by atoms with van der Waals surface area (Å²) in [7, 11) is 0. The number of benzene rings is 1. The molecule has 0 heterocycles. The van der Waals surface area contributed by atoms with Crippen LogP contribution in [-0.4, -0.2) is 17.3 Å². The monoisotopic (exact) mass is 297 g/mol. The summed E-state index contributed by atoms with van der Waals surface area (Å²) in [4.78, 5) is 12.1. The molecule has 2 nitrogen and oxygen atoms in total. The Morgan fingerprint density at radius 2 is 1.82 bits per heavy atom. The first-order valence-corrected chi connectivity index (χ1v) is 6.75. The molecule has 0 saturated carbocycles. The molecule has 1 N–H and O–H groups in total. The van der Waals surface area contributed by atoms with Crippen molar-refractivity contribution in [2.24, 2.45) is 0 Å². The zero-order valence-corrected chi connectivity index (χ0v) is 12.5. The van der Waals surface area contributed by atoms with Crippen LogP contribution >= 0.6 is 15.9 Å². The van der Waals surface area contributed by atoms with Crippen molar-refractivity contribution in [2.45, 2.75) is 37.9 Å². The minimum absolute atomic E-state index is 0.0169. The molecule has 0 radical (unpaired) electrons. The molecule has 0 fully saturated rings. The number of carbonyl (C=O) groups excluding carboxylic acids is 1. The maximum atomic E-state index is 11.8. The third-order valence-electron chi connectivity index (χ3n) is 2.56. The first-order chi connectivity index (χ1) is 7.80. The van der Waals surface area contributed by atoms with Gasteiger partial charge in [0.15, 0.2) is 0 Å². The first-order valence-electron chi connectivity index (χ1n) is 5.83. The maximum Gasteiger partial charge on any atom is 0.251 e. The van der Waals surface area contributed by atoms with Gasteiger partial charge in [-0.1, -0.05) is 55.8 Å². The van der Waals surface area contributed by atoms with Crippen molar-refractivity contribution in [3.8, 4) is 0 Å². The van der Waals surface area contributed by atoms with Crippen molar-refractivity contribution >= 4 is 21.8 Å². The highest BCUT2D eigenvalue weighted by Gasteiger charge is 2.14. The number of halogens is 1. The minimum atomic E-state index is -0.0169. The Hall–Kier alpha value is -0.830. The predicted molar refractivity (Wildman–Crippen MR) is 75.9 cm³/mol. The maximum absolute atomic E-state index is 11.8. The summed E-state index contributed by atoms with van der Waals surface area (Å²) in [6.07, 6.45) is 0. The van der Waals surface area contributed by atoms with Gasteiger partial charge in [-0.25, -0.2) is 0 Å². The number of hydrogen-bond acceptors (Lipinski definition) is 1. The van der Waals surface area contributed by atoms with Gasteiger partial charge in [-0.2, -0.15) is 0 Å². The minimum Gasteiger partial charge on any atom is -0.351 e. The van der Waals surface area contributed by atoms with Crippen LogP contribution in [0.4, 0.5) is 0 Å². The van der Waals surface area contributed by atoms with Crippen molar-refractivity contribution in [2.75, 3.05) is 6.54 Å². The van der Waals surface area contributed by atoms with Gasteiger partial charge < -0.3 is 5.32 Å². The van der Waals surface area contributed by atoms with Gasteiger partial charge in [-0.05, 0) is 23.1 Å². The highest BCUT2D eigenvalue weighted by Crippen LogP contribution is 2.22. The van der Waals surface area contributed by atoms with Gasteiger partial charge in [0.05, 0.1) is 0 Å². The summed E-state index contributed by atoms with van der Waals surface area (Å²) in [5, 5.41) is 2.87. The fourth-order valence-corrected chi connectivity index (χ4v) is 1.62. The van der Waals surface area contributed by atoms with Crippen LogP contribution in [0.15, 0.2) is 24.3 Å². The van der Waals surface area contributed by atoms with Gasteiger partial charge in [0.25, 0.3) is 5.91 Å². The van der Waals surface area contributed by atoms with Crippen LogP contribution in [0.25, 0.3) is 0 Å². The highest BCUT2D eigenvalue weighted by atomic mass is 79.9. The molecule has 1 rings (SSSR count). The van der Waals surface area contributed by atoms with Crippen molar-refractivity contribution < 1.29 is 4.79 Å². The molecular formula is C14H20BrNO. The fraction of sp³-hybridized carbons (Fsp3) is 0.500. The summed E-state index contributed by atoms with van der Waals surface area (Å²) in [6, 6.07) is 7.81. The SMILES string of the molecule is CC(Br)CNC(=O)c1ccc(C(C)(C)C)cc1. The number of hydrogen-bond donors (Lipinski definition) is 1. The summed E-state index contributed by atoms with van der Waals surface area (Å²) >= 11 is 3.40. The van der Waals surface area contributed by atoms with Crippen molar-refractivity contribution in [3.05, 3.63) is 35.4 Å². The average Bonchev–Trinajstić information content (AvgIpc) is 2.25. The lowest BCUT2D eigenvalue weighted by atomic mass is 9.87. The summed E-state index contributed by atoms with van der Waals surface area (Å²) < 4.78 is 0. The van der Waals surface area contributed by atoms with Crippen LogP contribution < -0.4 is 5.32 Å². The van der Waals surface area contributed by atoms with Crippen LogP contribution in [0.2, 0.25) is 0 Å². The molecule has 1 amide bonds. The Bertz CT molecular complexity index is 376. The Labute approximate surface area is 112 Å². The largest absolute Gasteiger partial charge is 0.351 e. The molecule has 1 unspecified atom stereocenters. The second-order valence-corrected chi connectivity index (χ2v) is 6.88. The molecule has 1 aromatic rings. The molecule has 0 aliphatic carbocycles. The number of rotatable bonds is 3. The van der Waals surface area contributed by atoms with Gasteiger partial charge in [0.2, 0.25) is 0 Å². The van der Waals surface area contributed by atoms with E-state index in [9.17, 15) is 4.79 Å².